The first-order chi connectivity index (χ1) is 6.02. The van der Waals surface area contributed by atoms with Gasteiger partial charge < -0.3 is 4.90 Å². The zero-order chi connectivity index (χ0) is 10.0. The Labute approximate surface area is 79.9 Å². The van der Waals surface area contributed by atoms with E-state index in [2.05, 4.69) is 13.2 Å². The number of Topliss-reactive ketones (excluding diaryl/α,β-unsaturated/α-hetero) is 1. The monoisotopic (exact) mass is 179 g/mol. The van der Waals surface area contributed by atoms with Gasteiger partial charge in [0.25, 0.3) is 0 Å². The van der Waals surface area contributed by atoms with Crippen LogP contribution >= 0.6 is 0 Å². The molecule has 2 nitrogen and oxygen atoms in total. The lowest BCUT2D eigenvalue weighted by atomic mass is 10.1. The molecule has 0 aliphatic carbocycles. The van der Waals surface area contributed by atoms with Crippen LogP contribution in [0.2, 0.25) is 0 Å². The Morgan fingerprint density at radius 1 is 1.38 bits per heavy atom. The molecule has 0 radical (unpaired) electrons. The van der Waals surface area contributed by atoms with Crippen LogP contribution in [0.25, 0.3) is 0 Å². The summed E-state index contributed by atoms with van der Waals surface area (Å²) in [6.45, 7) is 12.1. The third kappa shape index (κ3) is 2.20. The number of hydrogen-bond acceptors (Lipinski definition) is 2. The first-order valence-electron chi connectivity index (χ1n) is 4.68. The van der Waals surface area contributed by atoms with Crippen LogP contribution in [0.15, 0.2) is 24.6 Å². The maximum absolute atomic E-state index is 11.5. The summed E-state index contributed by atoms with van der Waals surface area (Å²) in [5.74, 6) is 0.352. The normalized spacial score (nSPS) is 17.3. The zero-order valence-electron chi connectivity index (χ0n) is 8.47. The van der Waals surface area contributed by atoms with Crippen molar-refractivity contribution >= 4 is 5.78 Å². The number of nitrogens with zero attached hydrogens (tertiary/aromatic N) is 1. The number of hydrogen-bond donors (Lipinski definition) is 0. The molecule has 2 heteroatoms. The molecule has 1 heterocycles. The second kappa shape index (κ2) is 3.77. The number of allylic oxidation sites excluding steroid dienone is 2. The topological polar surface area (TPSA) is 20.3 Å². The van der Waals surface area contributed by atoms with Crippen LogP contribution in [-0.2, 0) is 4.79 Å². The van der Waals surface area contributed by atoms with E-state index in [1.165, 1.54) is 0 Å². The van der Waals surface area contributed by atoms with Crippen molar-refractivity contribution in [3.8, 4) is 0 Å². The molecule has 72 valence electrons. The molecule has 0 unspecified atom stereocenters. The average Bonchev–Trinajstić information content (AvgIpc) is 2.35. The minimum atomic E-state index is 0.0983. The van der Waals surface area contributed by atoms with Crippen molar-refractivity contribution in [3.05, 3.63) is 24.6 Å². The molecule has 0 aromatic carbocycles. The smallest absolute Gasteiger partial charge is 0.155 e. The van der Waals surface area contributed by atoms with Crippen LogP contribution in [-0.4, -0.2) is 17.2 Å². The fraction of sp³-hybridized carbons (Fsp3) is 0.545. The quantitative estimate of drug-likeness (QED) is 0.662. The van der Waals surface area contributed by atoms with Gasteiger partial charge in [0, 0.05) is 17.3 Å². The molecule has 0 N–H and O–H groups in total. The van der Waals surface area contributed by atoms with E-state index in [9.17, 15) is 4.79 Å². The largest absolute Gasteiger partial charge is 0.342 e. The van der Waals surface area contributed by atoms with E-state index in [-0.39, 0.29) is 11.7 Å². The Kier molecular flexibility index (Phi) is 2.91. The first-order valence-corrected chi connectivity index (χ1v) is 4.68. The lowest BCUT2D eigenvalue weighted by Gasteiger charge is -2.20. The minimum Gasteiger partial charge on any atom is -0.342 e. The van der Waals surface area contributed by atoms with Crippen LogP contribution in [0.5, 0.6) is 0 Å². The fourth-order valence-electron chi connectivity index (χ4n) is 1.34. The maximum Gasteiger partial charge on any atom is 0.155 e. The molecular weight excluding hydrogens is 162 g/mol. The van der Waals surface area contributed by atoms with Gasteiger partial charge >= 0.3 is 0 Å². The van der Waals surface area contributed by atoms with Crippen LogP contribution < -0.4 is 0 Å². The molecule has 1 aliphatic heterocycles. The summed E-state index contributed by atoms with van der Waals surface area (Å²) in [7, 11) is 0. The summed E-state index contributed by atoms with van der Waals surface area (Å²) in [5.41, 5.74) is 2.05. The molecule has 0 atom stereocenters. The van der Waals surface area contributed by atoms with Gasteiger partial charge in [-0.05, 0) is 12.8 Å². The third-order valence-electron chi connectivity index (χ3n) is 2.42. The highest BCUT2D eigenvalue weighted by Gasteiger charge is 2.22. The Bertz CT molecular complexity index is 237. The van der Waals surface area contributed by atoms with E-state index < -0.39 is 0 Å². The van der Waals surface area contributed by atoms with Crippen LogP contribution in [0, 0.1) is 5.92 Å². The van der Waals surface area contributed by atoms with Crippen LogP contribution in [0.3, 0.4) is 0 Å². The Morgan fingerprint density at radius 3 is 2.23 bits per heavy atom. The first kappa shape index (κ1) is 10.0. The van der Waals surface area contributed by atoms with Gasteiger partial charge in [0.2, 0.25) is 0 Å². The van der Waals surface area contributed by atoms with Gasteiger partial charge in [0.15, 0.2) is 5.78 Å². The average molecular weight is 179 g/mol. The number of carbonyl (C=O) groups excluding carboxylic acids is 1. The van der Waals surface area contributed by atoms with E-state index in [4.69, 9.17) is 0 Å². The predicted molar refractivity (Wildman–Crippen MR) is 54.1 cm³/mol. The van der Waals surface area contributed by atoms with Crippen molar-refractivity contribution in [2.75, 3.05) is 6.54 Å². The number of ketones is 1. The van der Waals surface area contributed by atoms with E-state index in [0.717, 1.165) is 24.2 Å². The standard InChI is InChI=1S/C11H17NO/c1-8(2)11(13)7-12-9(3)5-6-10(12)4/h8H,3-7H2,1-2H3. The maximum atomic E-state index is 11.5. The molecule has 0 aromatic rings. The molecule has 0 aromatic heterocycles. The second-order valence-electron chi connectivity index (χ2n) is 3.84. The summed E-state index contributed by atoms with van der Waals surface area (Å²) in [5, 5.41) is 0. The summed E-state index contributed by atoms with van der Waals surface area (Å²) >= 11 is 0. The highest BCUT2D eigenvalue weighted by atomic mass is 16.1. The van der Waals surface area contributed by atoms with Crippen LogP contribution in [0.1, 0.15) is 26.7 Å². The highest BCUT2D eigenvalue weighted by molar-refractivity contribution is 5.82. The SMILES string of the molecule is C=C1CCC(=C)N1CC(=O)C(C)C. The van der Waals surface area contributed by atoms with Gasteiger partial charge in [-0.15, -0.1) is 0 Å². The van der Waals surface area contributed by atoms with Gasteiger partial charge in [-0.3, -0.25) is 4.79 Å². The molecule has 13 heavy (non-hydrogen) atoms. The summed E-state index contributed by atoms with van der Waals surface area (Å²) in [4.78, 5) is 13.4. The highest BCUT2D eigenvalue weighted by Crippen LogP contribution is 2.27. The van der Waals surface area contributed by atoms with Gasteiger partial charge in [-0.25, -0.2) is 0 Å². The summed E-state index contributed by atoms with van der Waals surface area (Å²) in [6.07, 6.45) is 1.90. The number of carbonyl (C=O) groups is 1. The fourth-order valence-corrected chi connectivity index (χ4v) is 1.34. The second-order valence-corrected chi connectivity index (χ2v) is 3.84. The van der Waals surface area contributed by atoms with Crippen molar-refractivity contribution < 1.29 is 4.79 Å². The molecule has 1 rings (SSSR count). The van der Waals surface area contributed by atoms with E-state index in [0.29, 0.717) is 6.54 Å². The lowest BCUT2D eigenvalue weighted by Crippen LogP contribution is -2.26. The Balaban J connectivity index is 2.58. The Hall–Kier alpha value is -1.05. The van der Waals surface area contributed by atoms with Gasteiger partial charge in [0.05, 0.1) is 6.54 Å². The molecule has 0 saturated carbocycles. The van der Waals surface area contributed by atoms with E-state index in [1.54, 1.807) is 0 Å². The Morgan fingerprint density at radius 2 is 1.85 bits per heavy atom. The predicted octanol–water partition coefficient (Wildman–Crippen LogP) is 2.33. The number of rotatable bonds is 3. The molecule has 1 saturated heterocycles. The van der Waals surface area contributed by atoms with Crippen molar-refractivity contribution in [2.24, 2.45) is 5.92 Å². The molecule has 0 amide bonds. The van der Waals surface area contributed by atoms with Gasteiger partial charge in [-0.1, -0.05) is 27.0 Å². The van der Waals surface area contributed by atoms with Crippen LogP contribution in [0.4, 0.5) is 0 Å². The third-order valence-corrected chi connectivity index (χ3v) is 2.42. The molecule has 0 bridgehead atoms. The zero-order valence-corrected chi connectivity index (χ0v) is 8.47. The van der Waals surface area contributed by atoms with Crippen molar-refractivity contribution in [1.82, 2.24) is 4.90 Å². The molecular formula is C11H17NO. The van der Waals surface area contributed by atoms with E-state index in [1.807, 2.05) is 18.7 Å². The number of likely N-dealkylation sites (tertiary alicyclic amines) is 1. The van der Waals surface area contributed by atoms with Crippen molar-refractivity contribution in [1.29, 1.82) is 0 Å². The van der Waals surface area contributed by atoms with Crippen molar-refractivity contribution in [2.45, 2.75) is 26.7 Å². The van der Waals surface area contributed by atoms with Gasteiger partial charge in [0.1, 0.15) is 0 Å². The molecule has 0 spiro atoms. The van der Waals surface area contributed by atoms with Crippen molar-refractivity contribution in [3.63, 3.8) is 0 Å². The minimum absolute atomic E-state index is 0.0983. The summed E-state index contributed by atoms with van der Waals surface area (Å²) < 4.78 is 0. The van der Waals surface area contributed by atoms with Gasteiger partial charge in [-0.2, -0.15) is 0 Å². The molecule has 1 aliphatic rings. The molecule has 1 fully saturated rings. The van der Waals surface area contributed by atoms with E-state index >= 15 is 0 Å². The lowest BCUT2D eigenvalue weighted by molar-refractivity contribution is -0.122. The summed E-state index contributed by atoms with van der Waals surface area (Å²) in [6, 6.07) is 0.